The van der Waals surface area contributed by atoms with Gasteiger partial charge in [-0.25, -0.2) is 4.68 Å². The molecule has 6 nitrogen and oxygen atoms in total. The highest BCUT2D eigenvalue weighted by Gasteiger charge is 2.31. The molecule has 0 spiro atoms. The van der Waals surface area contributed by atoms with Crippen LogP contribution in [0.4, 0.5) is 0 Å². The van der Waals surface area contributed by atoms with Gasteiger partial charge in [0.25, 0.3) is 5.91 Å². The predicted molar refractivity (Wildman–Crippen MR) is 108 cm³/mol. The Balaban J connectivity index is 1.86. The van der Waals surface area contributed by atoms with Crippen molar-refractivity contribution in [1.82, 2.24) is 14.7 Å². The molecule has 6 heteroatoms. The Bertz CT molecular complexity index is 843. The van der Waals surface area contributed by atoms with Crippen molar-refractivity contribution in [3.8, 4) is 5.69 Å². The van der Waals surface area contributed by atoms with Crippen LogP contribution in [0.2, 0.25) is 0 Å². The summed E-state index contributed by atoms with van der Waals surface area (Å²) in [6.07, 6.45) is 4.94. The van der Waals surface area contributed by atoms with Crippen LogP contribution in [0, 0.1) is 12.8 Å². The fourth-order valence-electron chi connectivity index (χ4n) is 3.80. The van der Waals surface area contributed by atoms with Crippen molar-refractivity contribution < 1.29 is 14.3 Å². The molecule has 150 valence electrons. The summed E-state index contributed by atoms with van der Waals surface area (Å²) in [5.74, 6) is -0.486. The number of amides is 1. The minimum atomic E-state index is -0.237. The third-order valence-electron chi connectivity index (χ3n) is 5.16. The standard InChI is InChI=1S/C22H29N3O3/c1-4-8-20-19(14-23-25(20)18-11-6-9-16(3)13-18)21(26)24-12-7-10-17(15-24)22(27)28-5-2/h6,9,11,13-14,17H,4-5,7-8,10,12,15H2,1-3H3/t17-/m1/s1. The van der Waals surface area contributed by atoms with Crippen LogP contribution in [-0.4, -0.2) is 46.3 Å². The summed E-state index contributed by atoms with van der Waals surface area (Å²) in [6.45, 7) is 7.39. The van der Waals surface area contributed by atoms with Gasteiger partial charge < -0.3 is 9.64 Å². The predicted octanol–water partition coefficient (Wildman–Crippen LogP) is 3.55. The molecule has 0 unspecified atom stereocenters. The average molecular weight is 383 g/mol. The molecule has 2 heterocycles. The van der Waals surface area contributed by atoms with Gasteiger partial charge in [0.1, 0.15) is 0 Å². The Morgan fingerprint density at radius 2 is 2.11 bits per heavy atom. The van der Waals surface area contributed by atoms with Crippen LogP contribution < -0.4 is 0 Å². The van der Waals surface area contributed by atoms with Gasteiger partial charge in [0.2, 0.25) is 0 Å². The summed E-state index contributed by atoms with van der Waals surface area (Å²) in [7, 11) is 0. The second kappa shape index (κ2) is 9.04. The number of aromatic nitrogens is 2. The van der Waals surface area contributed by atoms with Crippen molar-refractivity contribution in [3.05, 3.63) is 47.3 Å². The summed E-state index contributed by atoms with van der Waals surface area (Å²) in [4.78, 5) is 27.1. The maximum atomic E-state index is 13.3. The maximum absolute atomic E-state index is 13.3. The molecule has 1 fully saturated rings. The van der Waals surface area contributed by atoms with E-state index in [1.54, 1.807) is 18.0 Å². The van der Waals surface area contributed by atoms with Gasteiger partial charge >= 0.3 is 5.97 Å². The number of carbonyl (C=O) groups excluding carboxylic acids is 2. The van der Waals surface area contributed by atoms with Crippen LogP contribution in [0.25, 0.3) is 5.69 Å². The topological polar surface area (TPSA) is 64.4 Å². The largest absolute Gasteiger partial charge is 0.466 e. The third kappa shape index (κ3) is 4.26. The molecule has 0 saturated carbocycles. The van der Waals surface area contributed by atoms with E-state index in [9.17, 15) is 9.59 Å². The highest BCUT2D eigenvalue weighted by atomic mass is 16.5. The van der Waals surface area contributed by atoms with Gasteiger partial charge in [0.15, 0.2) is 0 Å². The molecular formula is C22H29N3O3. The average Bonchev–Trinajstić information content (AvgIpc) is 3.11. The Labute approximate surface area is 166 Å². The quantitative estimate of drug-likeness (QED) is 0.716. The number of carbonyl (C=O) groups is 2. The molecule has 1 amide bonds. The minimum absolute atomic E-state index is 0.0450. The van der Waals surface area contributed by atoms with E-state index in [-0.39, 0.29) is 17.8 Å². The van der Waals surface area contributed by atoms with Crippen molar-refractivity contribution in [2.75, 3.05) is 19.7 Å². The summed E-state index contributed by atoms with van der Waals surface area (Å²) >= 11 is 0. The fourth-order valence-corrected chi connectivity index (χ4v) is 3.80. The molecule has 3 rings (SSSR count). The Morgan fingerprint density at radius 1 is 1.29 bits per heavy atom. The minimum Gasteiger partial charge on any atom is -0.466 e. The third-order valence-corrected chi connectivity index (χ3v) is 5.16. The molecule has 1 aliphatic rings. The monoisotopic (exact) mass is 383 g/mol. The number of nitrogens with zero attached hydrogens (tertiary/aromatic N) is 3. The van der Waals surface area contributed by atoms with Crippen molar-refractivity contribution in [1.29, 1.82) is 0 Å². The van der Waals surface area contributed by atoms with Crippen LogP contribution in [0.1, 0.15) is 54.7 Å². The van der Waals surface area contributed by atoms with E-state index in [2.05, 4.69) is 18.1 Å². The molecule has 28 heavy (non-hydrogen) atoms. The van der Waals surface area contributed by atoms with Gasteiger partial charge in [-0.1, -0.05) is 25.5 Å². The van der Waals surface area contributed by atoms with Crippen molar-refractivity contribution >= 4 is 11.9 Å². The van der Waals surface area contributed by atoms with E-state index in [0.717, 1.165) is 42.6 Å². The lowest BCUT2D eigenvalue weighted by Crippen LogP contribution is -2.43. The summed E-state index contributed by atoms with van der Waals surface area (Å²) in [5, 5.41) is 4.52. The molecule has 1 aliphatic heterocycles. The number of hydrogen-bond acceptors (Lipinski definition) is 4. The number of esters is 1. The number of likely N-dealkylation sites (tertiary alicyclic amines) is 1. The Morgan fingerprint density at radius 3 is 2.82 bits per heavy atom. The second-order valence-electron chi connectivity index (χ2n) is 7.35. The number of piperidine rings is 1. The molecule has 0 N–H and O–H groups in total. The first-order chi connectivity index (χ1) is 13.5. The first-order valence-electron chi connectivity index (χ1n) is 10.1. The molecule has 0 radical (unpaired) electrons. The van der Waals surface area contributed by atoms with Gasteiger partial charge in [-0.15, -0.1) is 0 Å². The summed E-state index contributed by atoms with van der Waals surface area (Å²) in [6, 6.07) is 8.11. The van der Waals surface area contributed by atoms with Crippen LogP contribution in [-0.2, 0) is 16.0 Å². The van der Waals surface area contributed by atoms with E-state index in [1.807, 2.05) is 29.8 Å². The van der Waals surface area contributed by atoms with Crippen LogP contribution in [0.3, 0.4) is 0 Å². The SMILES string of the molecule is CCCc1c(C(=O)N2CCC[C@@H](C(=O)OCC)C2)cnn1-c1cccc(C)c1. The molecule has 0 aliphatic carbocycles. The molecular weight excluding hydrogens is 354 g/mol. The van der Waals surface area contributed by atoms with E-state index in [0.29, 0.717) is 25.3 Å². The Hall–Kier alpha value is -2.63. The number of benzene rings is 1. The summed E-state index contributed by atoms with van der Waals surface area (Å²) < 4.78 is 7.03. The van der Waals surface area contributed by atoms with E-state index >= 15 is 0 Å². The zero-order valence-corrected chi connectivity index (χ0v) is 17.0. The number of aryl methyl sites for hydroxylation is 1. The molecule has 1 aromatic carbocycles. The molecule has 1 atom stereocenters. The van der Waals surface area contributed by atoms with Gasteiger partial charge in [-0.2, -0.15) is 5.10 Å². The molecule has 0 bridgehead atoms. The van der Waals surface area contributed by atoms with Crippen molar-refractivity contribution in [2.24, 2.45) is 5.92 Å². The first-order valence-corrected chi connectivity index (χ1v) is 10.1. The van der Waals surface area contributed by atoms with Gasteiger partial charge in [-0.05, 0) is 50.8 Å². The normalized spacial score (nSPS) is 16.8. The second-order valence-corrected chi connectivity index (χ2v) is 7.35. The van der Waals surface area contributed by atoms with E-state index in [1.165, 1.54) is 0 Å². The zero-order valence-electron chi connectivity index (χ0n) is 17.0. The molecule has 1 saturated heterocycles. The maximum Gasteiger partial charge on any atom is 0.310 e. The number of ether oxygens (including phenoxy) is 1. The van der Waals surface area contributed by atoms with Crippen LogP contribution in [0.5, 0.6) is 0 Å². The van der Waals surface area contributed by atoms with Gasteiger partial charge in [-0.3, -0.25) is 9.59 Å². The lowest BCUT2D eigenvalue weighted by molar-refractivity contribution is -0.149. The van der Waals surface area contributed by atoms with Crippen molar-refractivity contribution in [2.45, 2.75) is 46.5 Å². The molecule has 2 aromatic rings. The van der Waals surface area contributed by atoms with Gasteiger partial charge in [0.05, 0.1) is 35.7 Å². The Kier molecular flexibility index (Phi) is 6.49. The van der Waals surface area contributed by atoms with Crippen LogP contribution in [0.15, 0.2) is 30.5 Å². The zero-order chi connectivity index (χ0) is 20.1. The lowest BCUT2D eigenvalue weighted by atomic mass is 9.97. The lowest BCUT2D eigenvalue weighted by Gasteiger charge is -2.31. The van der Waals surface area contributed by atoms with Crippen LogP contribution >= 0.6 is 0 Å². The highest BCUT2D eigenvalue weighted by Crippen LogP contribution is 2.23. The number of hydrogen-bond donors (Lipinski definition) is 0. The van der Waals surface area contributed by atoms with Gasteiger partial charge in [0, 0.05) is 13.1 Å². The van der Waals surface area contributed by atoms with Crippen molar-refractivity contribution in [3.63, 3.8) is 0 Å². The van der Waals surface area contributed by atoms with E-state index in [4.69, 9.17) is 4.74 Å². The molecule has 1 aromatic heterocycles. The van der Waals surface area contributed by atoms with E-state index < -0.39 is 0 Å². The smallest absolute Gasteiger partial charge is 0.310 e. The fraction of sp³-hybridized carbons (Fsp3) is 0.500. The number of rotatable bonds is 6. The summed E-state index contributed by atoms with van der Waals surface area (Å²) in [5.41, 5.74) is 3.67. The highest BCUT2D eigenvalue weighted by molar-refractivity contribution is 5.95. The first kappa shape index (κ1) is 20.1.